The van der Waals surface area contributed by atoms with Crippen molar-refractivity contribution < 1.29 is 83.1 Å². The minimum Gasteiger partial charge on any atom is -0.509 e. The van der Waals surface area contributed by atoms with Gasteiger partial charge in [-0.05, 0) is 30.3 Å². The van der Waals surface area contributed by atoms with Gasteiger partial charge in [0.25, 0.3) is 0 Å². The van der Waals surface area contributed by atoms with E-state index in [2.05, 4.69) is 9.31 Å². The minimum absolute atomic E-state index is 0.141. The number of benzene rings is 2. The molecule has 22 heteroatoms. The zero-order chi connectivity index (χ0) is 28.7. The van der Waals surface area contributed by atoms with Gasteiger partial charge >= 0.3 is 41.9 Å². The third-order valence-electron chi connectivity index (χ3n) is 2.77. The van der Waals surface area contributed by atoms with Crippen LogP contribution in [0.1, 0.15) is 11.1 Å². The predicted molar refractivity (Wildman–Crippen MR) is 105 cm³/mol. The first-order chi connectivity index (χ1) is 16.2. The van der Waals surface area contributed by atoms with Crippen molar-refractivity contribution in [3.05, 3.63) is 59.7 Å². The van der Waals surface area contributed by atoms with Gasteiger partial charge in [-0.3, -0.25) is 8.63 Å². The summed E-state index contributed by atoms with van der Waals surface area (Å²) < 4.78 is 126. The number of hydrogen-bond donors (Lipinski definition) is 6. The molecule has 36 heavy (non-hydrogen) atoms. The van der Waals surface area contributed by atoms with E-state index >= 15 is 0 Å². The lowest BCUT2D eigenvalue weighted by Gasteiger charge is -2.14. The highest BCUT2D eigenvalue weighted by Crippen LogP contribution is 2.38. The summed E-state index contributed by atoms with van der Waals surface area (Å²) in [6.07, 6.45) is -10.1. The molecule has 0 aliphatic heterocycles. The lowest BCUT2D eigenvalue weighted by atomic mass is 10.1. The molecule has 0 atom stereocenters. The lowest BCUT2D eigenvalue weighted by molar-refractivity contribution is -0.143. The van der Waals surface area contributed by atoms with Crippen molar-refractivity contribution in [2.45, 2.75) is 12.4 Å². The fourth-order valence-electron chi connectivity index (χ4n) is 1.72. The molecule has 0 radical (unpaired) electrons. The second-order valence-corrected chi connectivity index (χ2v) is 5.50. The van der Waals surface area contributed by atoms with E-state index in [-0.39, 0.29) is 18.2 Å². The number of alkyl halides is 6. The molecule has 0 aromatic heterocycles. The molecule has 0 saturated carbocycles. The Hall–Kier alpha value is -2.64. The number of rotatable bonds is 4. The van der Waals surface area contributed by atoms with E-state index in [0.29, 0.717) is 5.75 Å². The largest absolute Gasteiger partial charge is 0.751 e. The standard InChI is InChI=1S/C8H4BF7O2.C6H6BFO2.2BFH2O2/c10-7(11,12)4-1-5(8(13,14)15)3-6(2-4)18-9(16)17;8-7(9)10-6-4-2-1-3-5-6;2*2-1(3)4/h1-3,17H;1-5,9H;2*3-4H. The monoisotopic (exact) mass is 544 g/mol. The molecule has 6 N–H and O–H groups in total. The topological polar surface area (TPSA) is 140 Å². The van der Waals surface area contributed by atoms with E-state index in [4.69, 9.17) is 30.1 Å². The predicted octanol–water partition coefficient (Wildman–Crippen LogP) is 1.91. The zero-order valence-corrected chi connectivity index (χ0v) is 17.2. The minimum atomic E-state index is -5.05. The SMILES string of the molecule is OB(F)Oc1cc(C(F)(F)F)cc(C(F)(F)F)c1.OB(F)Oc1ccccc1.OB(O)F.OB(O)F. The summed E-state index contributed by atoms with van der Waals surface area (Å²) in [7, 11) is -10.6. The van der Waals surface area contributed by atoms with Gasteiger partial charge in [-0.2, -0.15) is 26.3 Å². The Balaban J connectivity index is 0. The molecule has 0 fully saturated rings. The molecule has 0 bridgehead atoms. The summed E-state index contributed by atoms with van der Waals surface area (Å²) in [5.74, 6) is -0.760. The highest BCUT2D eigenvalue weighted by molar-refractivity contribution is 6.35. The van der Waals surface area contributed by atoms with Gasteiger partial charge in [0.2, 0.25) is 0 Å². The van der Waals surface area contributed by atoms with Crippen LogP contribution in [-0.2, 0) is 12.4 Å². The van der Waals surface area contributed by atoms with Crippen molar-refractivity contribution in [2.24, 2.45) is 0 Å². The first-order valence-electron chi connectivity index (χ1n) is 8.58. The molecule has 2 rings (SSSR count). The van der Waals surface area contributed by atoms with Gasteiger partial charge in [0, 0.05) is 0 Å². The first-order valence-corrected chi connectivity index (χ1v) is 8.58. The van der Waals surface area contributed by atoms with Crippen LogP contribution in [0.5, 0.6) is 11.5 Å². The van der Waals surface area contributed by atoms with Crippen LogP contribution in [0.3, 0.4) is 0 Å². The molecule has 2 aromatic carbocycles. The Labute approximate surface area is 197 Å². The van der Waals surface area contributed by atoms with Crippen molar-refractivity contribution in [3.63, 3.8) is 0 Å². The van der Waals surface area contributed by atoms with Crippen molar-refractivity contribution in [1.82, 2.24) is 0 Å². The second-order valence-electron chi connectivity index (χ2n) is 5.50. The van der Waals surface area contributed by atoms with Gasteiger partial charge in [0.15, 0.2) is 0 Å². The summed E-state index contributed by atoms with van der Waals surface area (Å²) in [5, 5.41) is 44.0. The maximum Gasteiger partial charge on any atom is 0.751 e. The van der Waals surface area contributed by atoms with Crippen LogP contribution in [0.4, 0.5) is 43.6 Å². The summed E-state index contributed by atoms with van der Waals surface area (Å²) >= 11 is 0. The van der Waals surface area contributed by atoms with Gasteiger partial charge in [-0.1, -0.05) is 18.2 Å². The highest BCUT2D eigenvalue weighted by atomic mass is 19.4. The second kappa shape index (κ2) is 16.9. The first kappa shape index (κ1) is 35.5. The average molecular weight is 543 g/mol. The van der Waals surface area contributed by atoms with E-state index in [0.717, 1.165) is 0 Å². The smallest absolute Gasteiger partial charge is 0.509 e. The van der Waals surface area contributed by atoms with Crippen LogP contribution in [0, 0.1) is 0 Å². The Morgan fingerprint density at radius 2 is 0.833 bits per heavy atom. The Bertz CT molecular complexity index is 801. The maximum atomic E-state index is 12.3. The molecular formula is C14H14B4F10O8. The van der Waals surface area contributed by atoms with Gasteiger partial charge in [0.1, 0.15) is 11.5 Å². The van der Waals surface area contributed by atoms with Crippen molar-refractivity contribution in [2.75, 3.05) is 0 Å². The molecule has 0 saturated heterocycles. The van der Waals surface area contributed by atoms with Crippen LogP contribution in [0.25, 0.3) is 0 Å². The number of para-hydroxylation sites is 1. The van der Waals surface area contributed by atoms with Crippen LogP contribution in [-0.4, -0.2) is 59.7 Å². The summed E-state index contributed by atoms with van der Waals surface area (Å²) in [6, 6.07) is 8.44. The zero-order valence-electron chi connectivity index (χ0n) is 17.2. The third-order valence-corrected chi connectivity index (χ3v) is 2.77. The average Bonchev–Trinajstić information content (AvgIpc) is 2.66. The number of halogens is 10. The van der Waals surface area contributed by atoms with Gasteiger partial charge in [-0.15, -0.1) is 0 Å². The molecule has 0 amide bonds. The molecule has 0 aliphatic carbocycles. The molecule has 0 spiro atoms. The highest BCUT2D eigenvalue weighted by Gasteiger charge is 2.37. The fourth-order valence-corrected chi connectivity index (χ4v) is 1.72. The van der Waals surface area contributed by atoms with E-state index < -0.39 is 58.8 Å². The number of hydrogen-bond acceptors (Lipinski definition) is 8. The van der Waals surface area contributed by atoms with Crippen molar-refractivity contribution >= 4 is 29.6 Å². The lowest BCUT2D eigenvalue weighted by Crippen LogP contribution is -2.17. The third kappa shape index (κ3) is 20.7. The van der Waals surface area contributed by atoms with Crippen LogP contribution < -0.4 is 9.31 Å². The Kier molecular flexibility index (Phi) is 16.7. The van der Waals surface area contributed by atoms with Crippen LogP contribution in [0.2, 0.25) is 0 Å². The molecule has 200 valence electrons. The molecular weight excluding hydrogens is 529 g/mol. The van der Waals surface area contributed by atoms with E-state index in [1.807, 2.05) is 0 Å². The fraction of sp³-hybridized carbons (Fsp3) is 0.143. The summed E-state index contributed by atoms with van der Waals surface area (Å²) in [6.45, 7) is 0. The van der Waals surface area contributed by atoms with Crippen LogP contribution >= 0.6 is 0 Å². The van der Waals surface area contributed by atoms with E-state index in [9.17, 15) is 43.6 Å². The van der Waals surface area contributed by atoms with Gasteiger partial charge in [0.05, 0.1) is 11.1 Å². The van der Waals surface area contributed by atoms with Gasteiger partial charge < -0.3 is 39.5 Å². The van der Waals surface area contributed by atoms with E-state index in [1.54, 1.807) is 30.3 Å². The van der Waals surface area contributed by atoms with Crippen molar-refractivity contribution in [3.8, 4) is 11.5 Å². The molecule has 0 unspecified atom stereocenters. The van der Waals surface area contributed by atoms with Crippen LogP contribution in [0.15, 0.2) is 48.5 Å². The Morgan fingerprint density at radius 1 is 0.528 bits per heavy atom. The molecule has 0 aliphatic rings. The summed E-state index contributed by atoms with van der Waals surface area (Å²) in [5.41, 5.74) is -3.32. The van der Waals surface area contributed by atoms with E-state index in [1.165, 1.54) is 0 Å². The maximum absolute atomic E-state index is 12.3. The molecule has 2 aromatic rings. The summed E-state index contributed by atoms with van der Waals surface area (Å²) in [4.78, 5) is 0. The van der Waals surface area contributed by atoms with Crippen molar-refractivity contribution in [1.29, 1.82) is 0 Å². The Morgan fingerprint density at radius 3 is 1.11 bits per heavy atom. The quantitative estimate of drug-likeness (QED) is 0.254. The normalized spacial score (nSPS) is 10.2. The molecule has 0 heterocycles. The van der Waals surface area contributed by atoms with Gasteiger partial charge in [-0.25, -0.2) is 8.63 Å². The molecule has 8 nitrogen and oxygen atoms in total.